The van der Waals surface area contributed by atoms with Crippen LogP contribution in [0, 0.1) is 5.41 Å². The molecule has 1 aliphatic rings. The van der Waals surface area contributed by atoms with Crippen LogP contribution in [0.1, 0.15) is 39.0 Å². The fourth-order valence-corrected chi connectivity index (χ4v) is 2.98. The molecule has 0 unspecified atom stereocenters. The Morgan fingerprint density at radius 2 is 2.11 bits per heavy atom. The minimum Gasteiger partial charge on any atom is -0.314 e. The van der Waals surface area contributed by atoms with Gasteiger partial charge in [0.15, 0.2) is 0 Å². The molecule has 0 bridgehead atoms. The Balaban J connectivity index is 1.76. The molecule has 1 saturated carbocycles. The topological polar surface area (TPSA) is 34.0 Å². The summed E-state index contributed by atoms with van der Waals surface area (Å²) in [6.07, 6.45) is 8.62. The molecule has 1 aromatic rings. The molecule has 3 nitrogen and oxygen atoms in total. The average Bonchev–Trinajstić information content (AvgIpc) is 2.86. The molecule has 1 heterocycles. The van der Waals surface area contributed by atoms with E-state index in [1.54, 1.807) is 16.7 Å². The quantitative estimate of drug-likeness (QED) is 0.784. The molecule has 18 heavy (non-hydrogen) atoms. The van der Waals surface area contributed by atoms with Crippen LogP contribution in [0.2, 0.25) is 0 Å². The predicted octanol–water partition coefficient (Wildman–Crippen LogP) is 2.41. The van der Waals surface area contributed by atoms with Crippen LogP contribution in [0.4, 0.5) is 0 Å². The van der Waals surface area contributed by atoms with Gasteiger partial charge in [0.05, 0.1) is 0 Å². The summed E-state index contributed by atoms with van der Waals surface area (Å²) in [6, 6.07) is 5.31. The summed E-state index contributed by atoms with van der Waals surface area (Å²) in [5.74, 6) is 0. The van der Waals surface area contributed by atoms with E-state index in [1.165, 1.54) is 32.1 Å². The van der Waals surface area contributed by atoms with Crippen molar-refractivity contribution in [3.05, 3.63) is 34.7 Å². The zero-order valence-electron chi connectivity index (χ0n) is 11.3. The second-order valence-corrected chi connectivity index (χ2v) is 5.47. The number of aromatic nitrogens is 1. The van der Waals surface area contributed by atoms with E-state index in [9.17, 15) is 4.79 Å². The fourth-order valence-electron chi connectivity index (χ4n) is 2.98. The van der Waals surface area contributed by atoms with E-state index in [-0.39, 0.29) is 5.56 Å². The molecule has 0 aliphatic heterocycles. The molecule has 0 spiro atoms. The van der Waals surface area contributed by atoms with Crippen LogP contribution in [0.25, 0.3) is 0 Å². The van der Waals surface area contributed by atoms with Gasteiger partial charge in [-0.1, -0.05) is 25.8 Å². The van der Waals surface area contributed by atoms with Crippen molar-refractivity contribution in [2.45, 2.75) is 45.6 Å². The molecule has 0 amide bonds. The van der Waals surface area contributed by atoms with Gasteiger partial charge in [-0.05, 0) is 30.7 Å². The van der Waals surface area contributed by atoms with Crippen molar-refractivity contribution in [3.63, 3.8) is 0 Å². The van der Waals surface area contributed by atoms with Crippen LogP contribution in [0.3, 0.4) is 0 Å². The van der Waals surface area contributed by atoms with Crippen LogP contribution in [0.5, 0.6) is 0 Å². The molecule has 1 aromatic heterocycles. The highest BCUT2D eigenvalue weighted by atomic mass is 16.1. The molecule has 0 aromatic carbocycles. The van der Waals surface area contributed by atoms with Crippen molar-refractivity contribution in [3.8, 4) is 0 Å². The lowest BCUT2D eigenvalue weighted by atomic mass is 9.83. The summed E-state index contributed by atoms with van der Waals surface area (Å²) in [4.78, 5) is 11.5. The standard InChI is InChI=1S/C15H24N2O/c1-2-15(8-4-5-9-15)13-16-10-12-17-11-6-3-7-14(17)18/h3,6-7,11,16H,2,4-5,8-10,12-13H2,1H3. The van der Waals surface area contributed by atoms with Crippen LogP contribution in [0.15, 0.2) is 29.2 Å². The van der Waals surface area contributed by atoms with E-state index in [0.29, 0.717) is 5.41 Å². The first kappa shape index (κ1) is 13.3. The average molecular weight is 248 g/mol. The van der Waals surface area contributed by atoms with Gasteiger partial charge in [0, 0.05) is 31.9 Å². The maximum Gasteiger partial charge on any atom is 0.250 e. The van der Waals surface area contributed by atoms with E-state index >= 15 is 0 Å². The zero-order chi connectivity index (χ0) is 12.8. The highest BCUT2D eigenvalue weighted by Gasteiger charge is 2.31. The number of nitrogens with one attached hydrogen (secondary N) is 1. The molecule has 0 radical (unpaired) electrons. The molecule has 1 N–H and O–H groups in total. The third-order valence-electron chi connectivity index (χ3n) is 4.34. The van der Waals surface area contributed by atoms with Gasteiger partial charge >= 0.3 is 0 Å². The van der Waals surface area contributed by atoms with Crippen LogP contribution in [-0.4, -0.2) is 17.7 Å². The van der Waals surface area contributed by atoms with Crippen LogP contribution >= 0.6 is 0 Å². The molecular formula is C15H24N2O. The van der Waals surface area contributed by atoms with Crippen LogP contribution in [-0.2, 0) is 6.54 Å². The van der Waals surface area contributed by atoms with E-state index in [0.717, 1.165) is 19.6 Å². The van der Waals surface area contributed by atoms with Gasteiger partial charge in [0.2, 0.25) is 0 Å². The molecule has 1 aliphatic carbocycles. The first-order chi connectivity index (χ1) is 8.76. The molecule has 0 atom stereocenters. The first-order valence-electron chi connectivity index (χ1n) is 7.12. The Hall–Kier alpha value is -1.09. The van der Waals surface area contributed by atoms with Gasteiger partial charge in [-0.15, -0.1) is 0 Å². The van der Waals surface area contributed by atoms with E-state index in [1.807, 2.05) is 12.3 Å². The largest absolute Gasteiger partial charge is 0.314 e. The Morgan fingerprint density at radius 1 is 1.33 bits per heavy atom. The SMILES string of the molecule is CCC1(CNCCn2ccccc2=O)CCCC1. The van der Waals surface area contributed by atoms with Crippen molar-refractivity contribution < 1.29 is 0 Å². The third kappa shape index (κ3) is 3.22. The molecule has 2 rings (SSSR count). The fraction of sp³-hybridized carbons (Fsp3) is 0.667. The smallest absolute Gasteiger partial charge is 0.250 e. The van der Waals surface area contributed by atoms with Gasteiger partial charge in [0.1, 0.15) is 0 Å². The van der Waals surface area contributed by atoms with Crippen LogP contribution < -0.4 is 10.9 Å². The van der Waals surface area contributed by atoms with Crippen molar-refractivity contribution in [2.75, 3.05) is 13.1 Å². The predicted molar refractivity (Wildman–Crippen MR) is 74.8 cm³/mol. The minimum absolute atomic E-state index is 0.0883. The van der Waals surface area contributed by atoms with Gasteiger partial charge in [0.25, 0.3) is 5.56 Å². The summed E-state index contributed by atoms with van der Waals surface area (Å²) < 4.78 is 1.76. The zero-order valence-corrected chi connectivity index (χ0v) is 11.3. The Morgan fingerprint density at radius 3 is 2.78 bits per heavy atom. The van der Waals surface area contributed by atoms with E-state index in [4.69, 9.17) is 0 Å². The van der Waals surface area contributed by atoms with Crippen molar-refractivity contribution >= 4 is 0 Å². The Labute approximate surface area is 109 Å². The summed E-state index contributed by atoms with van der Waals surface area (Å²) in [7, 11) is 0. The second kappa shape index (κ2) is 6.19. The van der Waals surface area contributed by atoms with E-state index in [2.05, 4.69) is 12.2 Å². The normalized spacial score (nSPS) is 18.1. The van der Waals surface area contributed by atoms with Gasteiger partial charge in [-0.3, -0.25) is 4.79 Å². The maximum atomic E-state index is 11.5. The number of hydrogen-bond acceptors (Lipinski definition) is 2. The van der Waals surface area contributed by atoms with Crippen molar-refractivity contribution in [2.24, 2.45) is 5.41 Å². The van der Waals surface area contributed by atoms with Gasteiger partial charge < -0.3 is 9.88 Å². The summed E-state index contributed by atoms with van der Waals surface area (Å²) >= 11 is 0. The first-order valence-corrected chi connectivity index (χ1v) is 7.12. The van der Waals surface area contributed by atoms with Gasteiger partial charge in [-0.25, -0.2) is 0 Å². The second-order valence-electron chi connectivity index (χ2n) is 5.47. The third-order valence-corrected chi connectivity index (χ3v) is 4.34. The number of pyridine rings is 1. The lowest BCUT2D eigenvalue weighted by Crippen LogP contribution is -2.34. The summed E-state index contributed by atoms with van der Waals surface area (Å²) in [5.41, 5.74) is 0.618. The molecule has 100 valence electrons. The molecule has 1 fully saturated rings. The minimum atomic E-state index is 0.0883. The molecule has 0 saturated heterocycles. The maximum absolute atomic E-state index is 11.5. The summed E-state index contributed by atoms with van der Waals surface area (Å²) in [5, 5.41) is 3.54. The Kier molecular flexibility index (Phi) is 4.59. The van der Waals surface area contributed by atoms with Crippen molar-refractivity contribution in [1.29, 1.82) is 0 Å². The molecule has 3 heteroatoms. The number of nitrogens with zero attached hydrogens (tertiary/aromatic N) is 1. The van der Waals surface area contributed by atoms with E-state index < -0.39 is 0 Å². The van der Waals surface area contributed by atoms with Crippen molar-refractivity contribution in [1.82, 2.24) is 9.88 Å². The lowest BCUT2D eigenvalue weighted by molar-refractivity contribution is 0.267. The lowest BCUT2D eigenvalue weighted by Gasteiger charge is -2.27. The van der Waals surface area contributed by atoms with Gasteiger partial charge in [-0.2, -0.15) is 0 Å². The highest BCUT2D eigenvalue weighted by molar-refractivity contribution is 4.93. The molecular weight excluding hydrogens is 224 g/mol. The monoisotopic (exact) mass is 248 g/mol. The summed E-state index contributed by atoms with van der Waals surface area (Å²) in [6.45, 7) is 5.05. The number of rotatable bonds is 6. The highest BCUT2D eigenvalue weighted by Crippen LogP contribution is 2.40. The Bertz CT molecular complexity index is 419. The number of hydrogen-bond donors (Lipinski definition) is 1.